The van der Waals surface area contributed by atoms with Gasteiger partial charge < -0.3 is 10.2 Å². The molecule has 0 fully saturated rings. The molecule has 0 aliphatic heterocycles. The van der Waals surface area contributed by atoms with Crippen molar-refractivity contribution in [2.45, 2.75) is 19.1 Å². The Kier molecular flexibility index (Phi) is 4.00. The van der Waals surface area contributed by atoms with Crippen molar-refractivity contribution in [1.29, 1.82) is 0 Å². The predicted molar refractivity (Wildman–Crippen MR) is 41.6 cm³/mol. The van der Waals surface area contributed by atoms with Crippen LogP contribution >= 0.6 is 0 Å². The highest BCUT2D eigenvalue weighted by atomic mass is 16.3. The summed E-state index contributed by atoms with van der Waals surface area (Å²) in [4.78, 5) is 0. The normalized spacial score (nSPS) is 19.1. The number of aliphatic hydroxyl groups excluding tert-OH is 2. The van der Waals surface area contributed by atoms with Gasteiger partial charge in [0.15, 0.2) is 0 Å². The average molecular weight is 142 g/mol. The van der Waals surface area contributed by atoms with E-state index in [1.54, 1.807) is 6.92 Å². The van der Waals surface area contributed by atoms with Gasteiger partial charge in [-0.3, -0.25) is 0 Å². The summed E-state index contributed by atoms with van der Waals surface area (Å²) < 4.78 is 0. The first-order valence-electron chi connectivity index (χ1n) is 3.24. The van der Waals surface area contributed by atoms with Crippen molar-refractivity contribution in [2.24, 2.45) is 5.92 Å². The number of aliphatic hydroxyl groups is 2. The first-order valence-corrected chi connectivity index (χ1v) is 3.24. The van der Waals surface area contributed by atoms with Crippen molar-refractivity contribution in [2.75, 3.05) is 0 Å². The van der Waals surface area contributed by atoms with Crippen molar-refractivity contribution in [1.82, 2.24) is 0 Å². The van der Waals surface area contributed by atoms with E-state index >= 15 is 0 Å². The molecule has 3 atom stereocenters. The number of hydrogen-bond donors (Lipinski definition) is 2. The molecule has 0 aliphatic carbocycles. The van der Waals surface area contributed by atoms with Crippen molar-refractivity contribution >= 4 is 0 Å². The highest BCUT2D eigenvalue weighted by Gasteiger charge is 2.17. The molecule has 0 saturated carbocycles. The fourth-order valence-corrected chi connectivity index (χ4v) is 0.779. The van der Waals surface area contributed by atoms with Crippen LogP contribution in [-0.4, -0.2) is 22.4 Å². The minimum atomic E-state index is -0.697. The molecule has 0 aromatic rings. The van der Waals surface area contributed by atoms with E-state index < -0.39 is 12.2 Å². The molecule has 0 spiro atoms. The van der Waals surface area contributed by atoms with Gasteiger partial charge in [0.2, 0.25) is 0 Å². The molecule has 1 unspecified atom stereocenters. The zero-order chi connectivity index (χ0) is 8.15. The molecule has 0 aromatic heterocycles. The summed E-state index contributed by atoms with van der Waals surface area (Å²) in [5.74, 6) is -0.308. The van der Waals surface area contributed by atoms with Crippen molar-refractivity contribution in [3.05, 3.63) is 25.3 Å². The van der Waals surface area contributed by atoms with E-state index in [1.807, 2.05) is 0 Å². The van der Waals surface area contributed by atoms with Crippen LogP contribution in [0.1, 0.15) is 6.92 Å². The second-order valence-electron chi connectivity index (χ2n) is 2.28. The smallest absolute Gasteiger partial charge is 0.0805 e. The molecule has 58 valence electrons. The molecule has 2 nitrogen and oxygen atoms in total. The van der Waals surface area contributed by atoms with Crippen LogP contribution in [0.2, 0.25) is 0 Å². The molecule has 0 saturated heterocycles. The number of hydrogen-bond acceptors (Lipinski definition) is 2. The van der Waals surface area contributed by atoms with E-state index in [2.05, 4.69) is 13.2 Å². The van der Waals surface area contributed by atoms with Crippen LogP contribution in [0, 0.1) is 5.92 Å². The van der Waals surface area contributed by atoms with Crippen LogP contribution in [0.5, 0.6) is 0 Å². The highest BCUT2D eigenvalue weighted by Crippen LogP contribution is 2.10. The third-order valence-electron chi connectivity index (χ3n) is 1.47. The fourth-order valence-electron chi connectivity index (χ4n) is 0.779. The molecule has 0 amide bonds. The molecule has 10 heavy (non-hydrogen) atoms. The largest absolute Gasteiger partial charge is 0.393 e. The maximum atomic E-state index is 9.14. The second-order valence-corrected chi connectivity index (χ2v) is 2.28. The lowest BCUT2D eigenvalue weighted by Gasteiger charge is -2.18. The lowest BCUT2D eigenvalue weighted by atomic mass is 9.97. The van der Waals surface area contributed by atoms with Gasteiger partial charge in [0.05, 0.1) is 12.2 Å². The summed E-state index contributed by atoms with van der Waals surface area (Å²) in [5, 5.41) is 18.2. The van der Waals surface area contributed by atoms with Crippen LogP contribution < -0.4 is 0 Å². The zero-order valence-corrected chi connectivity index (χ0v) is 6.20. The summed E-state index contributed by atoms with van der Waals surface area (Å²) in [6.07, 6.45) is 1.64. The Balaban J connectivity index is 4.04. The van der Waals surface area contributed by atoms with Crippen LogP contribution in [0.3, 0.4) is 0 Å². The van der Waals surface area contributed by atoms with Gasteiger partial charge in [0.25, 0.3) is 0 Å². The predicted octanol–water partition coefficient (Wildman–Crippen LogP) is 0.716. The Bertz CT molecular complexity index is 118. The standard InChI is InChI=1S/C8H14O2/c1-4-7(6(3)9)8(10)5-2/h4-10H,1-2H2,3H3/t6-,7+,8?/m1/s1. The summed E-state index contributed by atoms with van der Waals surface area (Å²) in [5.41, 5.74) is 0. The lowest BCUT2D eigenvalue weighted by Crippen LogP contribution is -2.26. The topological polar surface area (TPSA) is 40.5 Å². The summed E-state index contributed by atoms with van der Waals surface area (Å²) in [6.45, 7) is 8.50. The summed E-state index contributed by atoms with van der Waals surface area (Å²) in [6, 6.07) is 0. The molecule has 0 aromatic carbocycles. The van der Waals surface area contributed by atoms with Crippen molar-refractivity contribution < 1.29 is 10.2 Å². The van der Waals surface area contributed by atoms with Gasteiger partial charge in [-0.05, 0) is 6.92 Å². The van der Waals surface area contributed by atoms with E-state index in [0.717, 1.165) is 0 Å². The molecule has 0 aliphatic rings. The molecule has 2 heteroatoms. The van der Waals surface area contributed by atoms with Crippen LogP contribution in [0.15, 0.2) is 25.3 Å². The van der Waals surface area contributed by atoms with Gasteiger partial charge in [0, 0.05) is 5.92 Å². The minimum absolute atomic E-state index is 0.308. The lowest BCUT2D eigenvalue weighted by molar-refractivity contribution is 0.0722. The Labute approximate surface area is 61.5 Å². The van der Waals surface area contributed by atoms with Gasteiger partial charge in [-0.25, -0.2) is 0 Å². The van der Waals surface area contributed by atoms with E-state index in [9.17, 15) is 0 Å². The maximum Gasteiger partial charge on any atom is 0.0805 e. The molecule has 0 rings (SSSR count). The van der Waals surface area contributed by atoms with Gasteiger partial charge in [-0.1, -0.05) is 12.2 Å². The average Bonchev–Trinajstić information content (AvgIpc) is 1.88. The highest BCUT2D eigenvalue weighted by molar-refractivity contribution is 4.95. The second kappa shape index (κ2) is 4.25. The molecule has 0 bridgehead atoms. The van der Waals surface area contributed by atoms with Gasteiger partial charge >= 0.3 is 0 Å². The maximum absolute atomic E-state index is 9.14. The van der Waals surface area contributed by atoms with Crippen molar-refractivity contribution in [3.8, 4) is 0 Å². The first kappa shape index (κ1) is 9.40. The monoisotopic (exact) mass is 142 g/mol. The Morgan fingerprint density at radius 1 is 1.20 bits per heavy atom. The third kappa shape index (κ3) is 2.33. The zero-order valence-electron chi connectivity index (χ0n) is 6.20. The van der Waals surface area contributed by atoms with E-state index in [1.165, 1.54) is 12.2 Å². The molecule has 0 heterocycles. The van der Waals surface area contributed by atoms with E-state index in [4.69, 9.17) is 10.2 Å². The van der Waals surface area contributed by atoms with Gasteiger partial charge in [0.1, 0.15) is 0 Å². The molecule has 0 radical (unpaired) electrons. The number of rotatable bonds is 4. The summed E-state index contributed by atoms with van der Waals surface area (Å²) >= 11 is 0. The molecular weight excluding hydrogens is 128 g/mol. The van der Waals surface area contributed by atoms with Crippen LogP contribution in [0.25, 0.3) is 0 Å². The van der Waals surface area contributed by atoms with E-state index in [-0.39, 0.29) is 5.92 Å². The molecular formula is C8H14O2. The Morgan fingerprint density at radius 2 is 1.70 bits per heavy atom. The molecule has 2 N–H and O–H groups in total. The van der Waals surface area contributed by atoms with Crippen LogP contribution in [-0.2, 0) is 0 Å². The third-order valence-corrected chi connectivity index (χ3v) is 1.47. The van der Waals surface area contributed by atoms with Gasteiger partial charge in [-0.2, -0.15) is 0 Å². The minimum Gasteiger partial charge on any atom is -0.393 e. The van der Waals surface area contributed by atoms with Crippen molar-refractivity contribution in [3.63, 3.8) is 0 Å². The SMILES string of the molecule is C=CC(O)[C@@H](C=C)[C@@H](C)O. The first-order chi connectivity index (χ1) is 4.63. The summed E-state index contributed by atoms with van der Waals surface area (Å²) in [7, 11) is 0. The fraction of sp³-hybridized carbons (Fsp3) is 0.500. The Morgan fingerprint density at radius 3 is 1.80 bits per heavy atom. The van der Waals surface area contributed by atoms with Crippen LogP contribution in [0.4, 0.5) is 0 Å². The van der Waals surface area contributed by atoms with E-state index in [0.29, 0.717) is 0 Å². The van der Waals surface area contributed by atoms with Gasteiger partial charge in [-0.15, -0.1) is 13.2 Å². The Hall–Kier alpha value is -0.600. The quantitative estimate of drug-likeness (QED) is 0.568.